The highest BCUT2D eigenvalue weighted by Crippen LogP contribution is 2.04. The van der Waals surface area contributed by atoms with Gasteiger partial charge in [-0.1, -0.05) is 0 Å². The number of carbonyl (C=O) groups is 1. The van der Waals surface area contributed by atoms with Crippen LogP contribution in [0.1, 0.15) is 10.5 Å². The van der Waals surface area contributed by atoms with Crippen LogP contribution in [0.25, 0.3) is 0 Å². The third-order valence-electron chi connectivity index (χ3n) is 2.13. The lowest BCUT2D eigenvalue weighted by atomic mass is 10.3. The summed E-state index contributed by atoms with van der Waals surface area (Å²) in [6.07, 6.45) is 1.76. The van der Waals surface area contributed by atoms with Gasteiger partial charge in [-0.3, -0.25) is 4.79 Å². The summed E-state index contributed by atoms with van der Waals surface area (Å²) in [5, 5.41) is 0. The van der Waals surface area contributed by atoms with Crippen molar-refractivity contribution in [1.82, 2.24) is 9.88 Å². The maximum absolute atomic E-state index is 11.7. The second-order valence-corrected chi connectivity index (χ2v) is 2.99. The average Bonchev–Trinajstić information content (AvgIpc) is 2.71. The molecule has 1 aliphatic rings. The molecule has 4 nitrogen and oxygen atoms in total. The Hall–Kier alpha value is -1.29. The van der Waals surface area contributed by atoms with Crippen LogP contribution in [0.5, 0.6) is 0 Å². The van der Waals surface area contributed by atoms with Gasteiger partial charge in [-0.2, -0.15) is 0 Å². The first kappa shape index (κ1) is 8.31. The summed E-state index contributed by atoms with van der Waals surface area (Å²) < 4.78 is 5.16. The van der Waals surface area contributed by atoms with Crippen molar-refractivity contribution in [2.45, 2.75) is 0 Å². The number of carbonyl (C=O) groups excluding carboxylic acids is 1. The molecule has 13 heavy (non-hydrogen) atoms. The average molecular weight is 180 g/mol. The zero-order valence-corrected chi connectivity index (χ0v) is 7.32. The maximum atomic E-state index is 11.7. The molecule has 0 spiro atoms. The van der Waals surface area contributed by atoms with E-state index in [-0.39, 0.29) is 5.91 Å². The lowest BCUT2D eigenvalue weighted by Crippen LogP contribution is -2.40. The molecule has 0 aliphatic carbocycles. The quantitative estimate of drug-likeness (QED) is 0.683. The van der Waals surface area contributed by atoms with E-state index in [1.54, 1.807) is 17.2 Å². The number of nitrogens with zero attached hydrogens (tertiary/aromatic N) is 1. The van der Waals surface area contributed by atoms with Gasteiger partial charge in [-0.15, -0.1) is 0 Å². The highest BCUT2D eigenvalue weighted by atomic mass is 16.5. The summed E-state index contributed by atoms with van der Waals surface area (Å²) in [4.78, 5) is 16.4. The Balaban J connectivity index is 2.04. The monoisotopic (exact) mass is 180 g/mol. The van der Waals surface area contributed by atoms with Crippen molar-refractivity contribution in [2.75, 3.05) is 26.3 Å². The Morgan fingerprint density at radius 2 is 2.23 bits per heavy atom. The lowest BCUT2D eigenvalue weighted by Gasteiger charge is -2.26. The van der Waals surface area contributed by atoms with E-state index in [1.807, 2.05) is 6.07 Å². The van der Waals surface area contributed by atoms with Crippen LogP contribution in [0, 0.1) is 0 Å². The van der Waals surface area contributed by atoms with Gasteiger partial charge in [0.15, 0.2) is 0 Å². The number of hydrogen-bond acceptors (Lipinski definition) is 2. The number of H-pyrrole nitrogens is 1. The first-order valence-corrected chi connectivity index (χ1v) is 4.38. The number of hydrogen-bond donors (Lipinski definition) is 1. The van der Waals surface area contributed by atoms with Gasteiger partial charge in [0, 0.05) is 19.3 Å². The Kier molecular flexibility index (Phi) is 2.31. The van der Waals surface area contributed by atoms with E-state index in [0.717, 1.165) is 0 Å². The van der Waals surface area contributed by atoms with Crippen molar-refractivity contribution in [3.05, 3.63) is 24.0 Å². The fraction of sp³-hybridized carbons (Fsp3) is 0.444. The second kappa shape index (κ2) is 3.62. The third-order valence-corrected chi connectivity index (χ3v) is 2.13. The maximum Gasteiger partial charge on any atom is 0.270 e. The Morgan fingerprint density at radius 1 is 1.46 bits per heavy atom. The number of aromatic amines is 1. The molecule has 0 bridgehead atoms. The molecule has 0 atom stereocenters. The smallest absolute Gasteiger partial charge is 0.270 e. The van der Waals surface area contributed by atoms with Gasteiger partial charge in [0.2, 0.25) is 0 Å². The van der Waals surface area contributed by atoms with Crippen molar-refractivity contribution in [3.8, 4) is 0 Å². The predicted octanol–water partition coefficient (Wildman–Crippen LogP) is 0.487. The molecule has 0 aromatic carbocycles. The molecular weight excluding hydrogens is 168 g/mol. The molecule has 1 aromatic rings. The fourth-order valence-electron chi connectivity index (χ4n) is 1.40. The van der Waals surface area contributed by atoms with E-state index in [2.05, 4.69) is 4.98 Å². The van der Waals surface area contributed by atoms with Crippen LogP contribution in [0.3, 0.4) is 0 Å². The molecule has 0 saturated carbocycles. The van der Waals surface area contributed by atoms with Crippen LogP contribution in [-0.2, 0) is 4.74 Å². The molecule has 4 heteroatoms. The van der Waals surface area contributed by atoms with Gasteiger partial charge in [0.25, 0.3) is 5.91 Å². The topological polar surface area (TPSA) is 45.3 Å². The lowest BCUT2D eigenvalue weighted by molar-refractivity contribution is 0.0299. The SMILES string of the molecule is O=C(c1ccc[nH]1)N1CCOCC1. The number of rotatable bonds is 1. The van der Waals surface area contributed by atoms with Crippen LogP contribution < -0.4 is 0 Å². The zero-order valence-electron chi connectivity index (χ0n) is 7.32. The number of morpholine rings is 1. The summed E-state index contributed by atoms with van der Waals surface area (Å²) in [7, 11) is 0. The van der Waals surface area contributed by atoms with Crippen molar-refractivity contribution >= 4 is 5.91 Å². The van der Waals surface area contributed by atoms with Gasteiger partial charge in [0.1, 0.15) is 5.69 Å². The van der Waals surface area contributed by atoms with Crippen molar-refractivity contribution in [2.24, 2.45) is 0 Å². The first-order chi connectivity index (χ1) is 6.38. The highest BCUT2D eigenvalue weighted by Gasteiger charge is 2.18. The van der Waals surface area contributed by atoms with Gasteiger partial charge in [0.05, 0.1) is 13.2 Å². The van der Waals surface area contributed by atoms with Crippen molar-refractivity contribution < 1.29 is 9.53 Å². The fourth-order valence-corrected chi connectivity index (χ4v) is 1.40. The summed E-state index contributed by atoms with van der Waals surface area (Å²) in [5.41, 5.74) is 0.655. The molecule has 2 heterocycles. The minimum atomic E-state index is 0.0632. The van der Waals surface area contributed by atoms with Crippen molar-refractivity contribution in [3.63, 3.8) is 0 Å². The first-order valence-electron chi connectivity index (χ1n) is 4.38. The normalized spacial score (nSPS) is 17.4. The van der Waals surface area contributed by atoms with Crippen LogP contribution in [0.2, 0.25) is 0 Å². The van der Waals surface area contributed by atoms with E-state index in [1.165, 1.54) is 0 Å². The third kappa shape index (κ3) is 1.72. The molecule has 70 valence electrons. The van der Waals surface area contributed by atoms with Crippen LogP contribution in [0.15, 0.2) is 18.3 Å². The molecule has 1 amide bonds. The standard InChI is InChI=1S/C9H12N2O2/c12-9(8-2-1-3-10-8)11-4-6-13-7-5-11/h1-3,10H,4-7H2. The number of aromatic nitrogens is 1. The van der Waals surface area contributed by atoms with E-state index in [9.17, 15) is 4.79 Å². The van der Waals surface area contributed by atoms with E-state index >= 15 is 0 Å². The molecule has 1 N–H and O–H groups in total. The molecule has 0 radical (unpaired) electrons. The van der Waals surface area contributed by atoms with E-state index in [0.29, 0.717) is 32.0 Å². The molecule has 1 saturated heterocycles. The Bertz CT molecular complexity index is 276. The highest BCUT2D eigenvalue weighted by molar-refractivity contribution is 5.92. The molecule has 1 aliphatic heterocycles. The van der Waals surface area contributed by atoms with Crippen LogP contribution >= 0.6 is 0 Å². The molecule has 2 rings (SSSR count). The molecule has 1 aromatic heterocycles. The van der Waals surface area contributed by atoms with Crippen molar-refractivity contribution in [1.29, 1.82) is 0 Å². The molecule has 0 unspecified atom stereocenters. The van der Waals surface area contributed by atoms with E-state index in [4.69, 9.17) is 4.74 Å². The van der Waals surface area contributed by atoms with Crippen LogP contribution in [0.4, 0.5) is 0 Å². The van der Waals surface area contributed by atoms with E-state index < -0.39 is 0 Å². The second-order valence-electron chi connectivity index (χ2n) is 2.99. The number of nitrogens with one attached hydrogen (secondary N) is 1. The predicted molar refractivity (Wildman–Crippen MR) is 47.5 cm³/mol. The van der Waals surface area contributed by atoms with Crippen LogP contribution in [-0.4, -0.2) is 42.1 Å². The number of amides is 1. The Labute approximate surface area is 76.5 Å². The minimum absolute atomic E-state index is 0.0632. The minimum Gasteiger partial charge on any atom is -0.378 e. The summed E-state index contributed by atoms with van der Waals surface area (Å²) in [6, 6.07) is 3.62. The van der Waals surface area contributed by atoms with Gasteiger partial charge in [-0.05, 0) is 12.1 Å². The number of ether oxygens (including phenoxy) is 1. The molecular formula is C9H12N2O2. The van der Waals surface area contributed by atoms with Gasteiger partial charge < -0.3 is 14.6 Å². The summed E-state index contributed by atoms with van der Waals surface area (Å²) in [6.45, 7) is 2.68. The summed E-state index contributed by atoms with van der Waals surface area (Å²) in [5.74, 6) is 0.0632. The largest absolute Gasteiger partial charge is 0.378 e. The van der Waals surface area contributed by atoms with Gasteiger partial charge in [-0.25, -0.2) is 0 Å². The Morgan fingerprint density at radius 3 is 2.85 bits per heavy atom. The molecule has 1 fully saturated rings. The zero-order chi connectivity index (χ0) is 9.10. The summed E-state index contributed by atoms with van der Waals surface area (Å²) >= 11 is 0. The van der Waals surface area contributed by atoms with Gasteiger partial charge >= 0.3 is 0 Å².